The second-order valence-corrected chi connectivity index (χ2v) is 6.94. The summed E-state index contributed by atoms with van der Waals surface area (Å²) in [6.45, 7) is 4.93. The first kappa shape index (κ1) is 18.5. The third-order valence-corrected chi connectivity index (χ3v) is 4.51. The third kappa shape index (κ3) is 4.45. The van der Waals surface area contributed by atoms with Gasteiger partial charge in [-0.05, 0) is 35.7 Å². The summed E-state index contributed by atoms with van der Waals surface area (Å²) in [6.07, 6.45) is 1.74. The van der Waals surface area contributed by atoms with Crippen LogP contribution in [-0.2, 0) is 6.54 Å². The van der Waals surface area contributed by atoms with Gasteiger partial charge in [0.05, 0.1) is 19.9 Å². The molecule has 26 heavy (non-hydrogen) atoms. The summed E-state index contributed by atoms with van der Waals surface area (Å²) >= 11 is 6.05. The quantitative estimate of drug-likeness (QED) is 0.597. The molecule has 3 aromatic rings. The average molecular weight is 371 g/mol. The Morgan fingerprint density at radius 1 is 1.15 bits per heavy atom. The number of hydrogen-bond donors (Lipinski definition) is 1. The van der Waals surface area contributed by atoms with Crippen LogP contribution in [0.4, 0.5) is 0 Å². The van der Waals surface area contributed by atoms with Crippen LogP contribution in [0.3, 0.4) is 0 Å². The predicted octanol–water partition coefficient (Wildman–Crippen LogP) is 5.49. The lowest BCUT2D eigenvalue weighted by Crippen LogP contribution is -2.25. The molecule has 0 amide bonds. The predicted molar refractivity (Wildman–Crippen MR) is 104 cm³/mol. The fraction of sp³-hybridized carbons (Fsp3) is 0.286. The number of methoxy groups -OCH3 is 1. The number of rotatable bonds is 7. The molecular weight excluding hydrogens is 348 g/mol. The van der Waals surface area contributed by atoms with Crippen molar-refractivity contribution >= 4 is 11.6 Å². The molecule has 0 aliphatic carbocycles. The van der Waals surface area contributed by atoms with Crippen LogP contribution < -0.4 is 10.1 Å². The first-order chi connectivity index (χ1) is 12.6. The van der Waals surface area contributed by atoms with E-state index in [1.165, 1.54) is 5.56 Å². The molecule has 0 fully saturated rings. The number of benzene rings is 2. The van der Waals surface area contributed by atoms with E-state index >= 15 is 0 Å². The number of nitrogens with one attached hydrogen (secondary N) is 1. The van der Waals surface area contributed by atoms with Crippen molar-refractivity contribution in [3.8, 4) is 17.1 Å². The van der Waals surface area contributed by atoms with Gasteiger partial charge in [-0.3, -0.25) is 0 Å². The van der Waals surface area contributed by atoms with E-state index in [1.54, 1.807) is 13.3 Å². The number of ether oxygens (including phenoxy) is 1. The molecular formula is C21H23ClN2O2. The number of hydrogen-bond acceptors (Lipinski definition) is 4. The molecule has 0 radical (unpaired) electrons. The zero-order valence-electron chi connectivity index (χ0n) is 15.2. The third-order valence-electron chi connectivity index (χ3n) is 4.28. The molecule has 2 aromatic carbocycles. The van der Waals surface area contributed by atoms with E-state index < -0.39 is 0 Å². The molecule has 3 rings (SSSR count). The Morgan fingerprint density at radius 2 is 1.92 bits per heavy atom. The number of nitrogens with zero attached hydrogens (tertiary/aromatic N) is 1. The van der Waals surface area contributed by atoms with Crippen LogP contribution >= 0.6 is 11.6 Å². The van der Waals surface area contributed by atoms with Crippen LogP contribution in [0.15, 0.2) is 59.1 Å². The van der Waals surface area contributed by atoms with Crippen LogP contribution in [0.2, 0.25) is 5.02 Å². The van der Waals surface area contributed by atoms with Crippen molar-refractivity contribution in [2.75, 3.05) is 7.11 Å². The molecule has 1 N–H and O–H groups in total. The molecule has 0 bridgehead atoms. The smallest absolute Gasteiger partial charge is 0.208 e. The number of halogens is 1. The molecule has 0 spiro atoms. The topological polar surface area (TPSA) is 47.3 Å². The van der Waals surface area contributed by atoms with Crippen molar-refractivity contribution < 1.29 is 9.15 Å². The van der Waals surface area contributed by atoms with Gasteiger partial charge in [-0.1, -0.05) is 49.7 Å². The fourth-order valence-electron chi connectivity index (χ4n) is 2.91. The Balaban J connectivity index is 1.69. The molecule has 4 nitrogen and oxygen atoms in total. The molecule has 1 atom stereocenters. The SMILES string of the molecule is COc1ccc(C(NCc2ncc(-c3cccc(Cl)c3)o2)C(C)C)cc1. The minimum absolute atomic E-state index is 0.197. The van der Waals surface area contributed by atoms with E-state index in [4.69, 9.17) is 20.8 Å². The number of oxazole rings is 1. The minimum atomic E-state index is 0.197. The first-order valence-corrected chi connectivity index (χ1v) is 9.02. The second kappa shape index (κ2) is 8.39. The van der Waals surface area contributed by atoms with Gasteiger partial charge in [0.2, 0.25) is 5.89 Å². The van der Waals surface area contributed by atoms with Crippen molar-refractivity contribution in [2.45, 2.75) is 26.4 Å². The highest BCUT2D eigenvalue weighted by molar-refractivity contribution is 6.30. The summed E-state index contributed by atoms with van der Waals surface area (Å²) < 4.78 is 11.1. The summed E-state index contributed by atoms with van der Waals surface area (Å²) in [5.74, 6) is 2.65. The normalized spacial score (nSPS) is 12.3. The Hall–Kier alpha value is -2.30. The zero-order chi connectivity index (χ0) is 18.5. The van der Waals surface area contributed by atoms with Crippen LogP contribution in [0.1, 0.15) is 31.3 Å². The lowest BCUT2D eigenvalue weighted by Gasteiger charge is -2.22. The highest BCUT2D eigenvalue weighted by atomic mass is 35.5. The van der Waals surface area contributed by atoms with E-state index in [2.05, 4.69) is 36.3 Å². The molecule has 5 heteroatoms. The summed E-state index contributed by atoms with van der Waals surface area (Å²) in [4.78, 5) is 4.38. The molecule has 1 heterocycles. The van der Waals surface area contributed by atoms with Crippen molar-refractivity contribution in [1.29, 1.82) is 0 Å². The fourth-order valence-corrected chi connectivity index (χ4v) is 3.10. The standard InChI is InChI=1S/C21H23ClN2O2/c1-14(2)21(15-7-9-18(25-3)10-8-15)24-13-20-23-12-19(26-20)16-5-4-6-17(22)11-16/h4-12,14,21,24H,13H2,1-3H3. The van der Waals surface area contributed by atoms with Gasteiger partial charge in [0.25, 0.3) is 0 Å². The minimum Gasteiger partial charge on any atom is -0.497 e. The van der Waals surface area contributed by atoms with Crippen LogP contribution in [0, 0.1) is 5.92 Å². The molecule has 0 saturated heterocycles. The van der Waals surface area contributed by atoms with Gasteiger partial charge in [0.1, 0.15) is 5.75 Å². The Labute approximate surface area is 159 Å². The molecule has 1 aromatic heterocycles. The van der Waals surface area contributed by atoms with Gasteiger partial charge in [-0.15, -0.1) is 0 Å². The van der Waals surface area contributed by atoms with Gasteiger partial charge >= 0.3 is 0 Å². The summed E-state index contributed by atoms with van der Waals surface area (Å²) in [7, 11) is 1.67. The molecule has 0 aliphatic rings. The summed E-state index contributed by atoms with van der Waals surface area (Å²) in [5, 5.41) is 4.22. The van der Waals surface area contributed by atoms with E-state index in [-0.39, 0.29) is 6.04 Å². The lowest BCUT2D eigenvalue weighted by molar-refractivity contribution is 0.379. The van der Waals surface area contributed by atoms with Gasteiger partial charge in [0, 0.05) is 16.6 Å². The van der Waals surface area contributed by atoms with Crippen molar-refractivity contribution in [3.05, 3.63) is 71.2 Å². The van der Waals surface area contributed by atoms with Gasteiger partial charge in [-0.2, -0.15) is 0 Å². The average Bonchev–Trinajstić information content (AvgIpc) is 3.11. The van der Waals surface area contributed by atoms with E-state index in [0.29, 0.717) is 23.4 Å². The Bertz CT molecular complexity index is 843. The highest BCUT2D eigenvalue weighted by Gasteiger charge is 2.17. The van der Waals surface area contributed by atoms with Crippen molar-refractivity contribution in [3.63, 3.8) is 0 Å². The lowest BCUT2D eigenvalue weighted by atomic mass is 9.96. The summed E-state index contributed by atoms with van der Waals surface area (Å²) in [6, 6.07) is 15.9. The van der Waals surface area contributed by atoms with E-state index in [9.17, 15) is 0 Å². The number of aromatic nitrogens is 1. The molecule has 1 unspecified atom stereocenters. The zero-order valence-corrected chi connectivity index (χ0v) is 16.0. The first-order valence-electron chi connectivity index (χ1n) is 8.65. The van der Waals surface area contributed by atoms with Crippen molar-refractivity contribution in [1.82, 2.24) is 10.3 Å². The Morgan fingerprint density at radius 3 is 2.58 bits per heavy atom. The monoisotopic (exact) mass is 370 g/mol. The summed E-state index contributed by atoms with van der Waals surface area (Å²) in [5.41, 5.74) is 2.13. The van der Waals surface area contributed by atoms with Gasteiger partial charge in [-0.25, -0.2) is 4.98 Å². The maximum Gasteiger partial charge on any atom is 0.208 e. The molecule has 136 valence electrons. The van der Waals surface area contributed by atoms with Crippen LogP contribution in [-0.4, -0.2) is 12.1 Å². The largest absolute Gasteiger partial charge is 0.497 e. The van der Waals surface area contributed by atoms with Crippen LogP contribution in [0.25, 0.3) is 11.3 Å². The molecule has 0 aliphatic heterocycles. The van der Waals surface area contributed by atoms with E-state index in [1.807, 2.05) is 36.4 Å². The Kier molecular flexibility index (Phi) is 5.96. The highest BCUT2D eigenvalue weighted by Crippen LogP contribution is 2.26. The van der Waals surface area contributed by atoms with Crippen LogP contribution in [0.5, 0.6) is 5.75 Å². The van der Waals surface area contributed by atoms with E-state index in [0.717, 1.165) is 17.1 Å². The maximum atomic E-state index is 6.05. The maximum absolute atomic E-state index is 6.05. The van der Waals surface area contributed by atoms with Crippen molar-refractivity contribution in [2.24, 2.45) is 5.92 Å². The molecule has 0 saturated carbocycles. The second-order valence-electron chi connectivity index (χ2n) is 6.50. The van der Waals surface area contributed by atoms with Gasteiger partial charge in [0.15, 0.2) is 5.76 Å². The van der Waals surface area contributed by atoms with Gasteiger partial charge < -0.3 is 14.5 Å².